The van der Waals surface area contributed by atoms with Crippen LogP contribution in [0.3, 0.4) is 0 Å². The van der Waals surface area contributed by atoms with Gasteiger partial charge >= 0.3 is 0 Å². The van der Waals surface area contributed by atoms with Gasteiger partial charge in [-0.25, -0.2) is 0 Å². The molecule has 1 aromatic rings. The first-order valence-corrected chi connectivity index (χ1v) is 5.21. The number of benzene rings is 1. The molecule has 0 bridgehead atoms. The molecule has 0 amide bonds. The van der Waals surface area contributed by atoms with Gasteiger partial charge in [0, 0.05) is 38.7 Å². The van der Waals surface area contributed by atoms with Crippen LogP contribution in [0.1, 0.15) is 12.0 Å². The van der Waals surface area contributed by atoms with Crippen molar-refractivity contribution in [2.24, 2.45) is 0 Å². The van der Waals surface area contributed by atoms with Crippen molar-refractivity contribution in [2.75, 3.05) is 37.9 Å². The normalized spacial score (nSPS) is 10.3. The topological polar surface area (TPSA) is 38.5 Å². The molecule has 3 nitrogen and oxygen atoms in total. The van der Waals surface area contributed by atoms with Crippen molar-refractivity contribution in [3.8, 4) is 0 Å². The summed E-state index contributed by atoms with van der Waals surface area (Å²) in [6, 6.07) is 6.16. The molecule has 84 valence electrons. The molecule has 3 heteroatoms. The maximum atomic E-state index is 5.86. The fourth-order valence-electron chi connectivity index (χ4n) is 1.44. The second-order valence-electron chi connectivity index (χ2n) is 3.81. The van der Waals surface area contributed by atoms with Gasteiger partial charge in [-0.15, -0.1) is 0 Å². The molecule has 1 rings (SSSR count). The lowest BCUT2D eigenvalue weighted by atomic mass is 10.2. The molecule has 0 heterocycles. The van der Waals surface area contributed by atoms with Crippen LogP contribution >= 0.6 is 0 Å². The molecular weight excluding hydrogens is 188 g/mol. The second-order valence-corrected chi connectivity index (χ2v) is 3.81. The summed E-state index contributed by atoms with van der Waals surface area (Å²) in [5, 5.41) is 0. The smallest absolute Gasteiger partial charge is 0.0479 e. The average molecular weight is 208 g/mol. The van der Waals surface area contributed by atoms with Crippen molar-refractivity contribution in [3.05, 3.63) is 23.8 Å². The van der Waals surface area contributed by atoms with Crippen LogP contribution in [-0.2, 0) is 4.74 Å². The number of nitrogens with zero attached hydrogens (tertiary/aromatic N) is 1. The van der Waals surface area contributed by atoms with E-state index in [4.69, 9.17) is 10.5 Å². The number of nitrogen functional groups attached to an aromatic ring is 1. The molecule has 0 aliphatic carbocycles. The Hall–Kier alpha value is -1.22. The largest absolute Gasteiger partial charge is 0.398 e. The number of anilines is 2. The molecule has 15 heavy (non-hydrogen) atoms. The number of hydrogen-bond donors (Lipinski definition) is 1. The third kappa shape index (κ3) is 3.44. The van der Waals surface area contributed by atoms with Crippen molar-refractivity contribution in [3.63, 3.8) is 0 Å². The minimum Gasteiger partial charge on any atom is -0.398 e. The number of nitrogens with two attached hydrogens (primary N) is 1. The molecule has 0 atom stereocenters. The number of ether oxygens (including phenoxy) is 1. The Morgan fingerprint density at radius 1 is 1.40 bits per heavy atom. The molecule has 0 radical (unpaired) electrons. The molecule has 0 aliphatic rings. The van der Waals surface area contributed by atoms with Gasteiger partial charge in [-0.2, -0.15) is 0 Å². The number of methoxy groups -OCH3 is 1. The highest BCUT2D eigenvalue weighted by atomic mass is 16.5. The van der Waals surface area contributed by atoms with Gasteiger partial charge in [-0.05, 0) is 31.0 Å². The zero-order valence-corrected chi connectivity index (χ0v) is 9.79. The van der Waals surface area contributed by atoms with Crippen molar-refractivity contribution in [2.45, 2.75) is 13.3 Å². The van der Waals surface area contributed by atoms with Crippen LogP contribution in [0.2, 0.25) is 0 Å². The van der Waals surface area contributed by atoms with E-state index in [-0.39, 0.29) is 0 Å². The number of aryl methyl sites for hydroxylation is 1. The van der Waals surface area contributed by atoms with Gasteiger partial charge in [0.1, 0.15) is 0 Å². The third-order valence-corrected chi connectivity index (χ3v) is 2.55. The Bertz CT molecular complexity index is 312. The van der Waals surface area contributed by atoms with E-state index in [0.717, 1.165) is 36.5 Å². The lowest BCUT2D eigenvalue weighted by Crippen LogP contribution is -2.19. The van der Waals surface area contributed by atoms with E-state index >= 15 is 0 Å². The quantitative estimate of drug-likeness (QED) is 0.594. The summed E-state index contributed by atoms with van der Waals surface area (Å²) < 4.78 is 5.02. The Morgan fingerprint density at radius 2 is 2.13 bits per heavy atom. The highest BCUT2D eigenvalue weighted by Crippen LogP contribution is 2.19. The van der Waals surface area contributed by atoms with Crippen LogP contribution in [0, 0.1) is 6.92 Å². The predicted octanol–water partition coefficient (Wildman–Crippen LogP) is 2.05. The summed E-state index contributed by atoms with van der Waals surface area (Å²) in [5.74, 6) is 0. The minimum atomic E-state index is 0.797. The summed E-state index contributed by atoms with van der Waals surface area (Å²) in [4.78, 5) is 2.19. The van der Waals surface area contributed by atoms with E-state index in [2.05, 4.69) is 24.1 Å². The van der Waals surface area contributed by atoms with Crippen molar-refractivity contribution in [1.82, 2.24) is 0 Å². The Kier molecular flexibility index (Phi) is 4.43. The molecule has 1 aromatic carbocycles. The van der Waals surface area contributed by atoms with Crippen LogP contribution in [0.25, 0.3) is 0 Å². The van der Waals surface area contributed by atoms with Gasteiger partial charge in [-0.3, -0.25) is 0 Å². The molecule has 0 aromatic heterocycles. The van der Waals surface area contributed by atoms with Gasteiger partial charge < -0.3 is 15.4 Å². The van der Waals surface area contributed by atoms with E-state index in [9.17, 15) is 0 Å². The lowest BCUT2D eigenvalue weighted by Gasteiger charge is -2.19. The molecule has 0 saturated carbocycles. The van der Waals surface area contributed by atoms with Gasteiger partial charge in [0.15, 0.2) is 0 Å². The average Bonchev–Trinajstić information content (AvgIpc) is 2.22. The summed E-state index contributed by atoms with van der Waals surface area (Å²) in [7, 11) is 3.80. The highest BCUT2D eigenvalue weighted by Gasteiger charge is 2.02. The third-order valence-electron chi connectivity index (χ3n) is 2.55. The molecule has 0 saturated heterocycles. The summed E-state index contributed by atoms with van der Waals surface area (Å²) >= 11 is 0. The van der Waals surface area contributed by atoms with Crippen LogP contribution in [-0.4, -0.2) is 27.3 Å². The monoisotopic (exact) mass is 208 g/mol. The number of rotatable bonds is 5. The first-order valence-electron chi connectivity index (χ1n) is 5.21. The van der Waals surface area contributed by atoms with Crippen LogP contribution in [0.15, 0.2) is 18.2 Å². The molecular formula is C12H20N2O. The minimum absolute atomic E-state index is 0.797. The summed E-state index contributed by atoms with van der Waals surface area (Å²) in [6.45, 7) is 3.80. The van der Waals surface area contributed by atoms with Crippen molar-refractivity contribution >= 4 is 11.4 Å². The van der Waals surface area contributed by atoms with Gasteiger partial charge in [0.25, 0.3) is 0 Å². The fraction of sp³-hybridized carbons (Fsp3) is 0.500. The number of hydrogen-bond acceptors (Lipinski definition) is 3. The highest BCUT2D eigenvalue weighted by molar-refractivity contribution is 5.59. The zero-order chi connectivity index (χ0) is 11.3. The van der Waals surface area contributed by atoms with E-state index in [1.54, 1.807) is 7.11 Å². The first-order chi connectivity index (χ1) is 7.15. The molecule has 0 unspecified atom stereocenters. The van der Waals surface area contributed by atoms with E-state index in [1.165, 1.54) is 0 Å². The van der Waals surface area contributed by atoms with Gasteiger partial charge in [0.05, 0.1) is 0 Å². The van der Waals surface area contributed by atoms with Gasteiger partial charge in [-0.1, -0.05) is 6.07 Å². The predicted molar refractivity (Wildman–Crippen MR) is 65.4 cm³/mol. The van der Waals surface area contributed by atoms with Crippen LogP contribution in [0.4, 0.5) is 11.4 Å². The van der Waals surface area contributed by atoms with Gasteiger partial charge in [0.2, 0.25) is 0 Å². The summed E-state index contributed by atoms with van der Waals surface area (Å²) in [6.07, 6.45) is 1.03. The molecule has 0 fully saturated rings. The SMILES string of the molecule is COCCCN(C)c1ccc(C)c(N)c1. The Balaban J connectivity index is 2.57. The van der Waals surface area contributed by atoms with Crippen LogP contribution < -0.4 is 10.6 Å². The van der Waals surface area contributed by atoms with Crippen molar-refractivity contribution < 1.29 is 4.74 Å². The first kappa shape index (κ1) is 11.9. The molecule has 2 N–H and O–H groups in total. The lowest BCUT2D eigenvalue weighted by molar-refractivity contribution is 0.196. The Morgan fingerprint density at radius 3 is 2.73 bits per heavy atom. The zero-order valence-electron chi connectivity index (χ0n) is 9.79. The van der Waals surface area contributed by atoms with E-state index < -0.39 is 0 Å². The maximum absolute atomic E-state index is 5.86. The fourth-order valence-corrected chi connectivity index (χ4v) is 1.44. The second kappa shape index (κ2) is 5.61. The standard InChI is InChI=1S/C12H20N2O/c1-10-5-6-11(9-12(10)13)14(2)7-4-8-15-3/h5-6,9H,4,7-8,13H2,1-3H3. The van der Waals surface area contributed by atoms with Crippen molar-refractivity contribution in [1.29, 1.82) is 0 Å². The van der Waals surface area contributed by atoms with E-state index in [1.807, 2.05) is 13.0 Å². The summed E-state index contributed by atoms with van der Waals surface area (Å²) in [5.41, 5.74) is 9.00. The van der Waals surface area contributed by atoms with E-state index in [0.29, 0.717) is 0 Å². The Labute approximate surface area is 91.8 Å². The molecule has 0 aliphatic heterocycles. The molecule has 0 spiro atoms. The van der Waals surface area contributed by atoms with Crippen LogP contribution in [0.5, 0.6) is 0 Å². The maximum Gasteiger partial charge on any atom is 0.0479 e.